The molecule has 0 amide bonds. The Balaban J connectivity index is 2.29. The van der Waals surface area contributed by atoms with Gasteiger partial charge in [0.15, 0.2) is 5.69 Å². The number of imidazole rings is 1. The summed E-state index contributed by atoms with van der Waals surface area (Å²) in [5.41, 5.74) is 7.15. The van der Waals surface area contributed by atoms with E-state index in [2.05, 4.69) is 9.97 Å². The maximum atomic E-state index is 11.6. The van der Waals surface area contributed by atoms with E-state index in [1.54, 1.807) is 30.2 Å². The first-order chi connectivity index (χ1) is 9.15. The van der Waals surface area contributed by atoms with Crippen molar-refractivity contribution in [3.63, 3.8) is 0 Å². The number of hydrogen-bond acceptors (Lipinski definition) is 5. The summed E-state index contributed by atoms with van der Waals surface area (Å²) in [4.78, 5) is 19.6. The predicted octanol–water partition coefficient (Wildman–Crippen LogP) is 1.65. The van der Waals surface area contributed by atoms with Crippen LogP contribution in [0.1, 0.15) is 35.9 Å². The molecule has 6 nitrogen and oxygen atoms in total. The van der Waals surface area contributed by atoms with Gasteiger partial charge in [-0.15, -0.1) is 0 Å². The minimum atomic E-state index is -0.499. The summed E-state index contributed by atoms with van der Waals surface area (Å²) in [6, 6.07) is 3.76. The summed E-state index contributed by atoms with van der Waals surface area (Å²) in [7, 11) is 0. The Hall–Kier alpha value is -2.37. The van der Waals surface area contributed by atoms with E-state index < -0.39 is 5.97 Å². The fourth-order valence-corrected chi connectivity index (χ4v) is 1.84. The fourth-order valence-electron chi connectivity index (χ4n) is 1.84. The minimum Gasteiger partial charge on any atom is -0.461 e. The van der Waals surface area contributed by atoms with Crippen LogP contribution in [-0.2, 0) is 4.74 Å². The highest BCUT2D eigenvalue weighted by atomic mass is 16.5. The van der Waals surface area contributed by atoms with E-state index in [9.17, 15) is 4.79 Å². The van der Waals surface area contributed by atoms with Crippen LogP contribution < -0.4 is 5.73 Å². The predicted molar refractivity (Wildman–Crippen MR) is 70.6 cm³/mol. The molecule has 0 saturated carbocycles. The van der Waals surface area contributed by atoms with E-state index in [0.29, 0.717) is 12.4 Å². The van der Waals surface area contributed by atoms with Gasteiger partial charge >= 0.3 is 5.97 Å². The Kier molecular flexibility index (Phi) is 3.79. The van der Waals surface area contributed by atoms with E-state index in [-0.39, 0.29) is 11.7 Å². The van der Waals surface area contributed by atoms with Crippen molar-refractivity contribution in [3.8, 4) is 0 Å². The number of anilines is 1. The molecule has 0 fully saturated rings. The summed E-state index contributed by atoms with van der Waals surface area (Å²) >= 11 is 0. The smallest absolute Gasteiger partial charge is 0.360 e. The molecule has 2 aromatic rings. The molecule has 0 aromatic carbocycles. The van der Waals surface area contributed by atoms with Crippen LogP contribution in [0.25, 0.3) is 0 Å². The van der Waals surface area contributed by atoms with Gasteiger partial charge in [-0.1, -0.05) is 0 Å². The Labute approximate surface area is 111 Å². The zero-order valence-electron chi connectivity index (χ0n) is 10.9. The average molecular weight is 260 g/mol. The molecule has 2 N–H and O–H groups in total. The molecule has 0 bridgehead atoms. The lowest BCUT2D eigenvalue weighted by atomic mass is 10.1. The summed E-state index contributed by atoms with van der Waals surface area (Å²) in [6.45, 7) is 4.01. The lowest BCUT2D eigenvalue weighted by molar-refractivity contribution is 0.0521. The van der Waals surface area contributed by atoms with Gasteiger partial charge in [-0.2, -0.15) is 0 Å². The molecule has 2 rings (SSSR count). The van der Waals surface area contributed by atoms with E-state index in [4.69, 9.17) is 10.5 Å². The molecule has 0 saturated heterocycles. The molecule has 2 aromatic heterocycles. The number of ether oxygens (including phenoxy) is 1. The zero-order chi connectivity index (χ0) is 13.8. The third-order valence-electron chi connectivity index (χ3n) is 2.91. The van der Waals surface area contributed by atoms with Crippen LogP contribution in [0.15, 0.2) is 30.9 Å². The van der Waals surface area contributed by atoms with Crippen molar-refractivity contribution >= 4 is 11.8 Å². The topological polar surface area (TPSA) is 83.0 Å². The van der Waals surface area contributed by atoms with Crippen LogP contribution in [0.4, 0.5) is 5.82 Å². The summed E-state index contributed by atoms with van der Waals surface area (Å²) in [6.07, 6.45) is 4.98. The number of carbonyl (C=O) groups is 1. The SMILES string of the molecule is CCOC(=O)c1ncn(C(C)c2ccncc2)c1N. The number of carbonyl (C=O) groups excluding carboxylic acids is 1. The summed E-state index contributed by atoms with van der Waals surface area (Å²) in [5, 5.41) is 0. The van der Waals surface area contributed by atoms with Gasteiger partial charge < -0.3 is 15.0 Å². The van der Waals surface area contributed by atoms with Crippen LogP contribution in [0, 0.1) is 0 Å². The maximum Gasteiger partial charge on any atom is 0.360 e. The highest BCUT2D eigenvalue weighted by Crippen LogP contribution is 2.22. The zero-order valence-corrected chi connectivity index (χ0v) is 10.9. The second-order valence-electron chi connectivity index (χ2n) is 4.06. The van der Waals surface area contributed by atoms with Crippen LogP contribution >= 0.6 is 0 Å². The standard InChI is InChI=1S/C13H16N4O2/c1-3-19-13(18)11-12(14)17(8-16-11)9(2)10-4-6-15-7-5-10/h4-9H,3,14H2,1-2H3. The van der Waals surface area contributed by atoms with Crippen LogP contribution in [0.3, 0.4) is 0 Å². The van der Waals surface area contributed by atoms with Crippen molar-refractivity contribution in [1.29, 1.82) is 0 Å². The van der Waals surface area contributed by atoms with Crippen molar-refractivity contribution in [2.45, 2.75) is 19.9 Å². The number of nitrogens with zero attached hydrogens (tertiary/aromatic N) is 3. The molecular formula is C13H16N4O2. The fraction of sp³-hybridized carbons (Fsp3) is 0.308. The lowest BCUT2D eigenvalue weighted by Crippen LogP contribution is -2.12. The minimum absolute atomic E-state index is 0.0290. The molecule has 0 aliphatic carbocycles. The van der Waals surface area contributed by atoms with Crippen molar-refractivity contribution in [2.75, 3.05) is 12.3 Å². The number of nitrogen functional groups attached to an aromatic ring is 1. The number of pyridine rings is 1. The second kappa shape index (κ2) is 5.51. The van der Waals surface area contributed by atoms with Crippen LogP contribution in [0.5, 0.6) is 0 Å². The first kappa shape index (κ1) is 13.1. The molecule has 0 aliphatic rings. The van der Waals surface area contributed by atoms with Crippen molar-refractivity contribution in [2.24, 2.45) is 0 Å². The van der Waals surface area contributed by atoms with Gasteiger partial charge in [0.2, 0.25) is 0 Å². The Morgan fingerprint density at radius 1 is 1.47 bits per heavy atom. The van der Waals surface area contributed by atoms with Gasteiger partial charge in [-0.25, -0.2) is 9.78 Å². The van der Waals surface area contributed by atoms with Gasteiger partial charge in [-0.05, 0) is 31.5 Å². The number of esters is 1. The molecule has 1 atom stereocenters. The number of rotatable bonds is 4. The summed E-state index contributed by atoms with van der Waals surface area (Å²) in [5.74, 6) is -0.191. The maximum absolute atomic E-state index is 11.6. The van der Waals surface area contributed by atoms with Crippen molar-refractivity contribution in [1.82, 2.24) is 14.5 Å². The van der Waals surface area contributed by atoms with Gasteiger partial charge in [0.1, 0.15) is 5.82 Å². The molecule has 0 radical (unpaired) electrons. The normalized spacial score (nSPS) is 12.1. The Bertz CT molecular complexity index is 565. The van der Waals surface area contributed by atoms with E-state index in [1.807, 2.05) is 19.1 Å². The Morgan fingerprint density at radius 2 is 2.16 bits per heavy atom. The first-order valence-corrected chi connectivity index (χ1v) is 6.04. The van der Waals surface area contributed by atoms with E-state index in [1.165, 1.54) is 0 Å². The third kappa shape index (κ3) is 2.57. The van der Waals surface area contributed by atoms with Gasteiger partial charge in [0, 0.05) is 12.4 Å². The highest BCUT2D eigenvalue weighted by molar-refractivity contribution is 5.92. The third-order valence-corrected chi connectivity index (χ3v) is 2.91. The van der Waals surface area contributed by atoms with E-state index in [0.717, 1.165) is 5.56 Å². The molecule has 0 spiro atoms. The summed E-state index contributed by atoms with van der Waals surface area (Å²) < 4.78 is 6.64. The number of nitrogens with two attached hydrogens (primary N) is 1. The Morgan fingerprint density at radius 3 is 2.79 bits per heavy atom. The first-order valence-electron chi connectivity index (χ1n) is 6.04. The number of hydrogen-bond donors (Lipinski definition) is 1. The monoisotopic (exact) mass is 260 g/mol. The molecule has 6 heteroatoms. The van der Waals surface area contributed by atoms with Crippen LogP contribution in [-0.4, -0.2) is 27.1 Å². The van der Waals surface area contributed by atoms with Crippen molar-refractivity contribution < 1.29 is 9.53 Å². The van der Waals surface area contributed by atoms with E-state index >= 15 is 0 Å². The lowest BCUT2D eigenvalue weighted by Gasteiger charge is -2.15. The van der Waals surface area contributed by atoms with Crippen molar-refractivity contribution in [3.05, 3.63) is 42.1 Å². The molecule has 0 aliphatic heterocycles. The van der Waals surface area contributed by atoms with Gasteiger partial charge in [-0.3, -0.25) is 4.98 Å². The molecule has 100 valence electrons. The quantitative estimate of drug-likeness (QED) is 0.845. The van der Waals surface area contributed by atoms with Gasteiger partial charge in [0.25, 0.3) is 0 Å². The molecular weight excluding hydrogens is 244 g/mol. The largest absolute Gasteiger partial charge is 0.461 e. The molecule has 1 unspecified atom stereocenters. The second-order valence-corrected chi connectivity index (χ2v) is 4.06. The average Bonchev–Trinajstić information content (AvgIpc) is 2.81. The molecule has 19 heavy (non-hydrogen) atoms. The van der Waals surface area contributed by atoms with Crippen LogP contribution in [0.2, 0.25) is 0 Å². The number of aromatic nitrogens is 3. The van der Waals surface area contributed by atoms with Gasteiger partial charge in [0.05, 0.1) is 19.0 Å². The highest BCUT2D eigenvalue weighted by Gasteiger charge is 2.19. The molecule has 2 heterocycles.